The van der Waals surface area contributed by atoms with Gasteiger partial charge in [0.2, 0.25) is 0 Å². The van der Waals surface area contributed by atoms with Gasteiger partial charge in [-0.25, -0.2) is 8.42 Å². The molecular formula is C30H37N3O4S. The van der Waals surface area contributed by atoms with Crippen molar-refractivity contribution in [2.45, 2.75) is 56.6 Å². The highest BCUT2D eigenvalue weighted by Gasteiger charge is 2.23. The fourth-order valence-corrected chi connectivity index (χ4v) is 5.23. The normalized spacial score (nSPS) is 12.5. The maximum Gasteiger partial charge on any atom is 0.264 e. The van der Waals surface area contributed by atoms with Crippen LogP contribution in [0.4, 0.5) is 5.69 Å². The maximum atomic E-state index is 13.0. The average Bonchev–Trinajstić information content (AvgIpc) is 2.91. The molecule has 0 aliphatic carbocycles. The van der Waals surface area contributed by atoms with E-state index in [2.05, 4.69) is 37.4 Å². The number of aliphatic hydroxyl groups excluding tert-OH is 1. The summed E-state index contributed by atoms with van der Waals surface area (Å²) in [6.45, 7) is 6.45. The van der Waals surface area contributed by atoms with Gasteiger partial charge < -0.3 is 15.2 Å². The molecule has 38 heavy (non-hydrogen) atoms. The number of nitrogens with one attached hydrogen (secondary N) is 1. The first-order chi connectivity index (χ1) is 18.0. The van der Waals surface area contributed by atoms with Gasteiger partial charge in [-0.1, -0.05) is 48.0 Å². The van der Waals surface area contributed by atoms with Gasteiger partial charge in [0.25, 0.3) is 10.0 Å². The molecule has 0 radical (unpaired) electrons. The zero-order chi connectivity index (χ0) is 27.8. The van der Waals surface area contributed by atoms with Crippen LogP contribution in [0.1, 0.15) is 43.4 Å². The van der Waals surface area contributed by atoms with Gasteiger partial charge in [-0.3, -0.25) is 4.31 Å². The molecule has 0 amide bonds. The van der Waals surface area contributed by atoms with Crippen LogP contribution in [0.15, 0.2) is 77.7 Å². The van der Waals surface area contributed by atoms with E-state index in [0.29, 0.717) is 18.0 Å². The Hall–Kier alpha value is -3.38. The average molecular weight is 536 g/mol. The van der Waals surface area contributed by atoms with Gasteiger partial charge in [-0.15, -0.1) is 0 Å². The minimum atomic E-state index is -3.78. The summed E-state index contributed by atoms with van der Waals surface area (Å²) in [5.74, 6) is 0.290. The van der Waals surface area contributed by atoms with Crippen LogP contribution in [0.2, 0.25) is 0 Å². The number of anilines is 1. The van der Waals surface area contributed by atoms with Crippen molar-refractivity contribution in [3.8, 4) is 11.8 Å². The number of nitrogens with zero attached hydrogens (tertiary/aromatic N) is 2. The van der Waals surface area contributed by atoms with E-state index >= 15 is 0 Å². The molecule has 0 aliphatic heterocycles. The molecule has 0 spiro atoms. The summed E-state index contributed by atoms with van der Waals surface area (Å²) < 4.78 is 32.9. The van der Waals surface area contributed by atoms with Crippen LogP contribution in [0.25, 0.3) is 0 Å². The molecule has 3 aromatic rings. The first-order valence-corrected chi connectivity index (χ1v) is 14.2. The molecule has 202 valence electrons. The van der Waals surface area contributed by atoms with Crippen molar-refractivity contribution in [1.29, 1.82) is 5.26 Å². The first kappa shape index (κ1) is 29.2. The number of aryl methyl sites for hydroxylation is 2. The molecule has 0 saturated carbocycles. The van der Waals surface area contributed by atoms with Gasteiger partial charge in [-0.05, 0) is 75.9 Å². The van der Waals surface area contributed by atoms with Crippen molar-refractivity contribution in [3.63, 3.8) is 0 Å². The SMILES string of the molecule is Cc1ccc(S(=O)(=O)N(C)c2ccc(OCC(O)CNC(C)(C)CCCc3ccccc3)c(C#N)c2)cc1. The number of β-amino-alcohol motifs (C(OH)–C–C–N with tert-alkyl or cyclic N) is 1. The number of benzene rings is 3. The van der Waals surface area contributed by atoms with Crippen molar-refractivity contribution in [3.05, 3.63) is 89.5 Å². The first-order valence-electron chi connectivity index (χ1n) is 12.7. The van der Waals surface area contributed by atoms with E-state index in [1.165, 1.54) is 18.7 Å². The number of aliphatic hydroxyl groups is 1. The molecule has 0 aliphatic rings. The highest BCUT2D eigenvalue weighted by atomic mass is 32.2. The van der Waals surface area contributed by atoms with Gasteiger partial charge in [-0.2, -0.15) is 5.26 Å². The van der Waals surface area contributed by atoms with Crippen molar-refractivity contribution < 1.29 is 18.3 Å². The lowest BCUT2D eigenvalue weighted by molar-refractivity contribution is 0.0978. The Balaban J connectivity index is 1.53. The quantitative estimate of drug-likeness (QED) is 0.325. The molecule has 8 heteroatoms. The third kappa shape index (κ3) is 8.06. The summed E-state index contributed by atoms with van der Waals surface area (Å²) in [5.41, 5.74) is 2.66. The number of hydrogen-bond donors (Lipinski definition) is 2. The third-order valence-electron chi connectivity index (χ3n) is 6.48. The second-order valence-corrected chi connectivity index (χ2v) is 12.1. The van der Waals surface area contributed by atoms with Crippen molar-refractivity contribution in [2.75, 3.05) is 24.5 Å². The second kappa shape index (κ2) is 12.9. The van der Waals surface area contributed by atoms with Crippen LogP contribution in [0.5, 0.6) is 5.75 Å². The molecule has 2 N–H and O–H groups in total. The zero-order valence-electron chi connectivity index (χ0n) is 22.5. The summed E-state index contributed by atoms with van der Waals surface area (Å²) in [4.78, 5) is 0.169. The van der Waals surface area contributed by atoms with E-state index in [9.17, 15) is 18.8 Å². The van der Waals surface area contributed by atoms with Gasteiger partial charge >= 0.3 is 0 Å². The topological polar surface area (TPSA) is 103 Å². The third-order valence-corrected chi connectivity index (χ3v) is 8.28. The molecule has 1 unspecified atom stereocenters. The summed E-state index contributed by atoms with van der Waals surface area (Å²) in [6, 6.07) is 23.6. The van der Waals surface area contributed by atoms with Crippen molar-refractivity contribution in [2.24, 2.45) is 0 Å². The number of hydrogen-bond acceptors (Lipinski definition) is 6. The van der Waals surface area contributed by atoms with Crippen LogP contribution >= 0.6 is 0 Å². The smallest absolute Gasteiger partial charge is 0.264 e. The lowest BCUT2D eigenvalue weighted by Gasteiger charge is -2.28. The maximum absolute atomic E-state index is 13.0. The molecule has 3 rings (SSSR count). The van der Waals surface area contributed by atoms with E-state index in [-0.39, 0.29) is 22.6 Å². The number of rotatable bonds is 13. The van der Waals surface area contributed by atoms with Crippen LogP contribution in [-0.2, 0) is 16.4 Å². The minimum Gasteiger partial charge on any atom is -0.489 e. The molecule has 7 nitrogen and oxygen atoms in total. The predicted molar refractivity (Wildman–Crippen MR) is 151 cm³/mol. The van der Waals surface area contributed by atoms with E-state index in [0.717, 1.165) is 29.1 Å². The monoisotopic (exact) mass is 535 g/mol. The number of sulfonamides is 1. The summed E-state index contributed by atoms with van der Waals surface area (Å²) in [5, 5.41) is 23.5. The summed E-state index contributed by atoms with van der Waals surface area (Å²) >= 11 is 0. The van der Waals surface area contributed by atoms with E-state index in [1.807, 2.05) is 25.1 Å². The number of ether oxygens (including phenoxy) is 1. The van der Waals surface area contributed by atoms with Crippen LogP contribution in [0.3, 0.4) is 0 Å². The van der Waals surface area contributed by atoms with Gasteiger partial charge in [0.15, 0.2) is 0 Å². The lowest BCUT2D eigenvalue weighted by atomic mass is 9.95. The highest BCUT2D eigenvalue weighted by Crippen LogP contribution is 2.28. The Morgan fingerprint density at radius 3 is 2.42 bits per heavy atom. The van der Waals surface area contributed by atoms with E-state index in [1.54, 1.807) is 36.4 Å². The second-order valence-electron chi connectivity index (χ2n) is 10.1. The summed E-state index contributed by atoms with van der Waals surface area (Å²) in [6.07, 6.45) is 2.21. The fraction of sp³-hybridized carbons (Fsp3) is 0.367. The van der Waals surface area contributed by atoms with Crippen LogP contribution in [-0.4, -0.2) is 45.4 Å². The predicted octanol–water partition coefficient (Wildman–Crippen LogP) is 4.82. The molecular weight excluding hydrogens is 498 g/mol. The Bertz CT molecular complexity index is 1330. The van der Waals surface area contributed by atoms with E-state index in [4.69, 9.17) is 4.74 Å². The molecule has 3 aromatic carbocycles. The van der Waals surface area contributed by atoms with Crippen molar-refractivity contribution >= 4 is 15.7 Å². The highest BCUT2D eigenvalue weighted by molar-refractivity contribution is 7.92. The molecule has 0 saturated heterocycles. The van der Waals surface area contributed by atoms with Crippen LogP contribution < -0.4 is 14.4 Å². The van der Waals surface area contributed by atoms with Crippen LogP contribution in [0, 0.1) is 18.3 Å². The Labute approximate surface area is 226 Å². The van der Waals surface area contributed by atoms with E-state index < -0.39 is 16.1 Å². The Kier molecular flexibility index (Phi) is 9.92. The molecule has 0 fully saturated rings. The number of nitriles is 1. The van der Waals surface area contributed by atoms with Gasteiger partial charge in [0, 0.05) is 19.1 Å². The zero-order valence-corrected chi connectivity index (χ0v) is 23.3. The largest absolute Gasteiger partial charge is 0.489 e. The summed E-state index contributed by atoms with van der Waals surface area (Å²) in [7, 11) is -2.33. The van der Waals surface area contributed by atoms with Gasteiger partial charge in [0.05, 0.1) is 16.1 Å². The molecule has 0 heterocycles. The lowest BCUT2D eigenvalue weighted by Crippen LogP contribution is -2.44. The Morgan fingerprint density at radius 2 is 1.76 bits per heavy atom. The molecule has 1 atom stereocenters. The molecule has 0 aromatic heterocycles. The Morgan fingerprint density at radius 1 is 1.08 bits per heavy atom. The standard InChI is InChI=1S/C30H37N3O4S/c1-23-12-15-28(16-13-23)38(35,36)33(4)26-14-17-29(25(19-26)20-31)37-22-27(34)21-32-30(2,3)18-8-11-24-9-6-5-7-10-24/h5-7,9-10,12-17,19,27,32,34H,8,11,18,21-22H2,1-4H3. The molecule has 0 bridgehead atoms. The fourth-order valence-electron chi connectivity index (χ4n) is 4.04. The minimum absolute atomic E-state index is 0.00136. The van der Waals surface area contributed by atoms with Crippen molar-refractivity contribution in [1.82, 2.24) is 5.32 Å². The van der Waals surface area contributed by atoms with Gasteiger partial charge in [0.1, 0.15) is 24.5 Å².